The summed E-state index contributed by atoms with van der Waals surface area (Å²) in [5.41, 5.74) is 4.25. The predicted molar refractivity (Wildman–Crippen MR) is 183 cm³/mol. The first-order valence-electron chi connectivity index (χ1n) is 16.5. The van der Waals surface area contributed by atoms with Crippen LogP contribution in [0.1, 0.15) is 51.5 Å². The van der Waals surface area contributed by atoms with Gasteiger partial charge in [0.25, 0.3) is 5.91 Å². The summed E-state index contributed by atoms with van der Waals surface area (Å²) in [6.45, 7) is 5.98. The lowest BCUT2D eigenvalue weighted by Gasteiger charge is -2.34. The standard InChI is InChI=1S/C33H36F3N5O2.C4H4O4/c1-43-31-9-4-24(20-37-31)22-39-12-10-25(11-13-39)26-5-6-27-19-30(38-29(27)18-26)32(42)41-16-14-40(15-17-41)21-23-2-7-28(8-3-23)33(34,35)36;5-3(6)1-2-4(7)8/h2-9,18-20,25,38H,10-17,21-22H2,1H3;1-2H,(H,5,6)(H,7,8)/b;2-1+. The van der Waals surface area contributed by atoms with Gasteiger partial charge < -0.3 is 24.8 Å². The van der Waals surface area contributed by atoms with Crippen molar-refractivity contribution in [1.82, 2.24) is 24.7 Å². The van der Waals surface area contributed by atoms with Gasteiger partial charge in [0.15, 0.2) is 0 Å². The molecule has 14 heteroatoms. The number of aromatic amines is 1. The number of hydrogen-bond acceptors (Lipinski definition) is 7. The molecule has 0 radical (unpaired) electrons. The largest absolute Gasteiger partial charge is 0.481 e. The van der Waals surface area contributed by atoms with Gasteiger partial charge in [0.05, 0.1) is 12.7 Å². The Morgan fingerprint density at radius 3 is 2.02 bits per heavy atom. The van der Waals surface area contributed by atoms with E-state index in [1.807, 2.05) is 23.2 Å². The highest BCUT2D eigenvalue weighted by Crippen LogP contribution is 2.32. The van der Waals surface area contributed by atoms with Crippen LogP contribution in [0.25, 0.3) is 10.9 Å². The summed E-state index contributed by atoms with van der Waals surface area (Å²) in [7, 11) is 1.62. The van der Waals surface area contributed by atoms with Gasteiger partial charge in [-0.15, -0.1) is 0 Å². The number of nitrogens with zero attached hydrogens (tertiary/aromatic N) is 4. The topological polar surface area (TPSA) is 139 Å². The number of aliphatic carboxylic acids is 2. The van der Waals surface area contributed by atoms with Crippen LogP contribution < -0.4 is 4.74 Å². The number of ether oxygens (including phenoxy) is 1. The van der Waals surface area contributed by atoms with Gasteiger partial charge in [0.2, 0.25) is 5.88 Å². The molecule has 2 aliphatic heterocycles. The Hall–Kier alpha value is -5.21. The van der Waals surface area contributed by atoms with Crippen LogP contribution in [0.3, 0.4) is 0 Å². The molecule has 0 spiro atoms. The highest BCUT2D eigenvalue weighted by Gasteiger charge is 2.30. The number of likely N-dealkylation sites (tertiary alicyclic amines) is 1. The molecule has 0 bridgehead atoms. The molecule has 2 aliphatic rings. The van der Waals surface area contributed by atoms with E-state index in [0.29, 0.717) is 62.4 Å². The van der Waals surface area contributed by atoms with Gasteiger partial charge in [0.1, 0.15) is 5.69 Å². The molecule has 4 aromatic rings. The Morgan fingerprint density at radius 1 is 0.843 bits per heavy atom. The normalized spacial score (nSPS) is 16.2. The van der Waals surface area contributed by atoms with Gasteiger partial charge >= 0.3 is 18.1 Å². The minimum Gasteiger partial charge on any atom is -0.481 e. The second-order valence-corrected chi connectivity index (χ2v) is 12.6. The Kier molecular flexibility index (Phi) is 12.1. The molecular weight excluding hydrogens is 667 g/mol. The van der Waals surface area contributed by atoms with Crippen LogP contribution >= 0.6 is 0 Å². The lowest BCUT2D eigenvalue weighted by atomic mass is 9.89. The minimum atomic E-state index is -4.33. The lowest BCUT2D eigenvalue weighted by Crippen LogP contribution is -2.48. The Bertz CT molecular complexity index is 1810. The Balaban J connectivity index is 0.000000565. The fourth-order valence-electron chi connectivity index (χ4n) is 6.30. The van der Waals surface area contributed by atoms with Gasteiger partial charge in [-0.3, -0.25) is 14.6 Å². The molecule has 0 saturated carbocycles. The van der Waals surface area contributed by atoms with E-state index < -0.39 is 23.7 Å². The number of nitrogens with one attached hydrogen (secondary N) is 1. The molecule has 2 saturated heterocycles. The van der Waals surface area contributed by atoms with Gasteiger partial charge in [-0.2, -0.15) is 13.2 Å². The second-order valence-electron chi connectivity index (χ2n) is 12.6. The quantitative estimate of drug-likeness (QED) is 0.189. The van der Waals surface area contributed by atoms with Crippen molar-refractivity contribution < 1.29 is 42.5 Å². The number of methoxy groups -OCH3 is 1. The number of halogens is 3. The van der Waals surface area contributed by atoms with E-state index >= 15 is 0 Å². The van der Waals surface area contributed by atoms with Crippen LogP contribution in [0, 0.1) is 0 Å². The molecule has 0 atom stereocenters. The highest BCUT2D eigenvalue weighted by molar-refractivity contribution is 5.98. The number of alkyl halides is 3. The number of carbonyl (C=O) groups excluding carboxylic acids is 1. The van der Waals surface area contributed by atoms with Crippen LogP contribution in [0.2, 0.25) is 0 Å². The zero-order valence-corrected chi connectivity index (χ0v) is 28.1. The van der Waals surface area contributed by atoms with E-state index in [-0.39, 0.29) is 5.91 Å². The number of benzene rings is 2. The molecule has 0 unspecified atom stereocenters. The van der Waals surface area contributed by atoms with E-state index in [9.17, 15) is 27.6 Å². The van der Waals surface area contributed by atoms with Crippen molar-refractivity contribution in [2.75, 3.05) is 46.4 Å². The van der Waals surface area contributed by atoms with Crippen molar-refractivity contribution in [2.45, 2.75) is 38.0 Å². The number of carboxylic acids is 2. The van der Waals surface area contributed by atoms with Crippen molar-refractivity contribution in [3.63, 3.8) is 0 Å². The number of H-pyrrole nitrogens is 1. The molecule has 51 heavy (non-hydrogen) atoms. The van der Waals surface area contributed by atoms with Crippen molar-refractivity contribution in [2.24, 2.45) is 0 Å². The number of aromatic nitrogens is 2. The summed E-state index contributed by atoms with van der Waals surface area (Å²) >= 11 is 0. The maximum atomic E-state index is 13.3. The summed E-state index contributed by atoms with van der Waals surface area (Å²) in [5, 5.41) is 16.6. The molecule has 0 aliphatic carbocycles. The second kappa shape index (κ2) is 16.7. The lowest BCUT2D eigenvalue weighted by molar-refractivity contribution is -0.137. The van der Waals surface area contributed by atoms with E-state index in [2.05, 4.69) is 44.0 Å². The molecule has 3 N–H and O–H groups in total. The number of carboxylic acid groups (broad SMARTS) is 2. The highest BCUT2D eigenvalue weighted by atomic mass is 19.4. The summed E-state index contributed by atoms with van der Waals surface area (Å²) in [6.07, 6.45) is 0.830. The number of amides is 1. The van der Waals surface area contributed by atoms with Crippen molar-refractivity contribution in [3.8, 4) is 5.88 Å². The minimum absolute atomic E-state index is 0.0201. The number of pyridine rings is 1. The number of hydrogen-bond donors (Lipinski definition) is 3. The molecule has 6 rings (SSSR count). The Morgan fingerprint density at radius 2 is 1.45 bits per heavy atom. The maximum Gasteiger partial charge on any atom is 0.416 e. The van der Waals surface area contributed by atoms with Crippen LogP contribution in [0.5, 0.6) is 5.88 Å². The first-order chi connectivity index (χ1) is 24.4. The van der Waals surface area contributed by atoms with Crippen LogP contribution in [0.4, 0.5) is 13.2 Å². The summed E-state index contributed by atoms with van der Waals surface area (Å²) < 4.78 is 43.7. The smallest absolute Gasteiger partial charge is 0.416 e. The van der Waals surface area contributed by atoms with Gasteiger partial charge in [-0.25, -0.2) is 14.6 Å². The average molecular weight is 708 g/mol. The third-order valence-electron chi connectivity index (χ3n) is 9.06. The average Bonchev–Trinajstić information content (AvgIpc) is 3.55. The van der Waals surface area contributed by atoms with Crippen LogP contribution in [-0.4, -0.2) is 99.1 Å². The van der Waals surface area contributed by atoms with Crippen molar-refractivity contribution in [1.29, 1.82) is 0 Å². The monoisotopic (exact) mass is 707 g/mol. The molecule has 2 aromatic heterocycles. The number of rotatable bonds is 9. The first-order valence-corrected chi connectivity index (χ1v) is 16.5. The van der Waals surface area contributed by atoms with E-state index in [0.717, 1.165) is 61.1 Å². The van der Waals surface area contributed by atoms with E-state index in [4.69, 9.17) is 14.9 Å². The molecule has 2 aromatic carbocycles. The van der Waals surface area contributed by atoms with Crippen LogP contribution in [-0.2, 0) is 28.9 Å². The molecule has 270 valence electrons. The fourth-order valence-corrected chi connectivity index (χ4v) is 6.30. The molecule has 11 nitrogen and oxygen atoms in total. The third kappa shape index (κ3) is 10.4. The van der Waals surface area contributed by atoms with Crippen LogP contribution in [0.15, 0.2) is 79.0 Å². The number of piperazine rings is 1. The Labute approximate surface area is 292 Å². The number of carbonyl (C=O) groups is 3. The zero-order chi connectivity index (χ0) is 36.5. The van der Waals surface area contributed by atoms with Gasteiger partial charge in [0, 0.05) is 74.6 Å². The van der Waals surface area contributed by atoms with E-state index in [1.165, 1.54) is 23.3 Å². The molecule has 2 fully saturated rings. The summed E-state index contributed by atoms with van der Waals surface area (Å²) in [6, 6.07) is 17.7. The van der Waals surface area contributed by atoms with Gasteiger partial charge in [-0.05, 0) is 72.8 Å². The molecular formula is C37H40F3N5O6. The number of piperidine rings is 1. The number of fused-ring (bicyclic) bond motifs is 1. The summed E-state index contributed by atoms with van der Waals surface area (Å²) in [5.74, 6) is -1.42. The molecule has 1 amide bonds. The van der Waals surface area contributed by atoms with Crippen molar-refractivity contribution >= 4 is 28.7 Å². The first kappa shape index (κ1) is 37.1. The summed E-state index contributed by atoms with van der Waals surface area (Å²) in [4.78, 5) is 46.6. The van der Waals surface area contributed by atoms with E-state index in [1.54, 1.807) is 7.11 Å². The maximum absolute atomic E-state index is 13.3. The van der Waals surface area contributed by atoms with Crippen molar-refractivity contribution in [3.05, 3.63) is 107 Å². The third-order valence-corrected chi connectivity index (χ3v) is 9.06. The fraction of sp³-hybridized carbons (Fsp3) is 0.351. The molecule has 4 heterocycles. The SMILES string of the molecule is COc1ccc(CN2CCC(c3ccc4cc(C(=O)N5CCN(Cc6ccc(C(F)(F)F)cc6)CC5)[nH]c4c3)CC2)cn1.O=C(O)/C=C/C(=O)O. The van der Waals surface area contributed by atoms with Gasteiger partial charge in [-0.1, -0.05) is 30.3 Å². The predicted octanol–water partition coefficient (Wildman–Crippen LogP) is 5.64. The zero-order valence-electron chi connectivity index (χ0n) is 28.1.